The van der Waals surface area contributed by atoms with Gasteiger partial charge >= 0.3 is 5.97 Å². The molecule has 1 fully saturated rings. The first-order valence-corrected chi connectivity index (χ1v) is 9.74. The van der Waals surface area contributed by atoms with Gasteiger partial charge in [0.25, 0.3) is 5.91 Å². The first kappa shape index (κ1) is 20.1. The number of aryl methyl sites for hydroxylation is 1. The summed E-state index contributed by atoms with van der Waals surface area (Å²) in [6.07, 6.45) is 0.370. The van der Waals surface area contributed by atoms with Crippen LogP contribution in [0.15, 0.2) is 42.5 Å². The predicted octanol–water partition coefficient (Wildman–Crippen LogP) is 3.84. The van der Waals surface area contributed by atoms with Crippen molar-refractivity contribution in [2.45, 2.75) is 51.7 Å². The van der Waals surface area contributed by atoms with E-state index in [1.54, 1.807) is 12.1 Å². The van der Waals surface area contributed by atoms with Crippen LogP contribution in [0.1, 0.15) is 54.1 Å². The molecule has 1 aliphatic rings. The fraction of sp³-hybridized carbons (Fsp3) is 0.391. The van der Waals surface area contributed by atoms with Gasteiger partial charge in [0.1, 0.15) is 6.04 Å². The molecule has 2 aromatic carbocycles. The molecule has 1 unspecified atom stereocenters. The van der Waals surface area contributed by atoms with E-state index in [0.29, 0.717) is 11.5 Å². The highest BCUT2D eigenvalue weighted by molar-refractivity contribution is 5.97. The second kappa shape index (κ2) is 8.15. The highest BCUT2D eigenvalue weighted by atomic mass is 16.4. The topological polar surface area (TPSA) is 77.8 Å². The summed E-state index contributed by atoms with van der Waals surface area (Å²) >= 11 is 0. The second-order valence-electron chi connectivity index (χ2n) is 7.66. The highest BCUT2D eigenvalue weighted by Crippen LogP contribution is 2.29. The average Bonchev–Trinajstić information content (AvgIpc) is 3.09. The number of benzene rings is 2. The van der Waals surface area contributed by atoms with Crippen molar-refractivity contribution in [2.24, 2.45) is 0 Å². The normalized spacial score (nSPS) is 20.2. The van der Waals surface area contributed by atoms with Crippen molar-refractivity contribution >= 4 is 11.9 Å². The Morgan fingerprint density at radius 3 is 2.43 bits per heavy atom. The van der Waals surface area contributed by atoms with Crippen molar-refractivity contribution in [1.82, 2.24) is 4.90 Å². The molecule has 148 valence electrons. The van der Waals surface area contributed by atoms with Gasteiger partial charge in [0, 0.05) is 18.5 Å². The number of aliphatic carboxylic acids is 1. The lowest BCUT2D eigenvalue weighted by Crippen LogP contribution is -2.40. The molecule has 2 aromatic rings. The fourth-order valence-corrected chi connectivity index (χ4v) is 3.78. The number of carbonyl (C=O) groups excluding carboxylic acids is 1. The number of aliphatic hydroxyl groups excluding tert-OH is 1. The molecule has 28 heavy (non-hydrogen) atoms. The van der Waals surface area contributed by atoms with Gasteiger partial charge < -0.3 is 15.1 Å². The van der Waals surface area contributed by atoms with Crippen LogP contribution in [0.4, 0.5) is 0 Å². The molecule has 0 aromatic heterocycles. The number of β-amino-alcohol motifs (C(OH)–C–C–N with tert-alkyl or cyclic N) is 1. The van der Waals surface area contributed by atoms with E-state index in [4.69, 9.17) is 0 Å². The molecule has 1 saturated heterocycles. The molecule has 5 heteroatoms. The first-order chi connectivity index (χ1) is 13.3. The summed E-state index contributed by atoms with van der Waals surface area (Å²) in [7, 11) is 0. The minimum absolute atomic E-state index is 0.0493. The van der Waals surface area contributed by atoms with Gasteiger partial charge in [0.15, 0.2) is 0 Å². The number of aliphatic hydroxyl groups is 1. The Balaban J connectivity index is 1.82. The van der Waals surface area contributed by atoms with Crippen LogP contribution in [-0.4, -0.2) is 45.7 Å². The Bertz CT molecular complexity index is 875. The molecule has 0 saturated carbocycles. The molecule has 1 amide bonds. The van der Waals surface area contributed by atoms with Gasteiger partial charge in [-0.15, -0.1) is 0 Å². The van der Waals surface area contributed by atoms with Crippen molar-refractivity contribution < 1.29 is 19.8 Å². The molecule has 2 N–H and O–H groups in total. The van der Waals surface area contributed by atoms with E-state index >= 15 is 0 Å². The Labute approximate surface area is 165 Å². The van der Waals surface area contributed by atoms with Gasteiger partial charge in [0.05, 0.1) is 6.10 Å². The van der Waals surface area contributed by atoms with Crippen molar-refractivity contribution in [2.75, 3.05) is 6.54 Å². The molecular formula is C23H27NO4. The monoisotopic (exact) mass is 381 g/mol. The molecule has 0 radical (unpaired) electrons. The van der Waals surface area contributed by atoms with Crippen LogP contribution in [0.2, 0.25) is 0 Å². The molecule has 3 atom stereocenters. The number of carboxylic acid groups (broad SMARTS) is 1. The Hall–Kier alpha value is -2.66. The van der Waals surface area contributed by atoms with Gasteiger partial charge in [-0.2, -0.15) is 0 Å². The van der Waals surface area contributed by atoms with Crippen LogP contribution in [0.3, 0.4) is 0 Å². The van der Waals surface area contributed by atoms with Crippen LogP contribution < -0.4 is 0 Å². The van der Waals surface area contributed by atoms with Gasteiger partial charge in [-0.1, -0.05) is 44.2 Å². The summed E-state index contributed by atoms with van der Waals surface area (Å²) in [6.45, 7) is 6.53. The van der Waals surface area contributed by atoms with E-state index in [1.807, 2.05) is 12.1 Å². The van der Waals surface area contributed by atoms with Crippen LogP contribution in [0.25, 0.3) is 11.1 Å². The van der Waals surface area contributed by atoms with Crippen LogP contribution in [0, 0.1) is 6.92 Å². The number of hydrogen-bond acceptors (Lipinski definition) is 3. The van der Waals surface area contributed by atoms with E-state index in [9.17, 15) is 19.8 Å². The van der Waals surface area contributed by atoms with E-state index < -0.39 is 18.1 Å². The Kier molecular flexibility index (Phi) is 5.84. The minimum atomic E-state index is -1.08. The zero-order chi connectivity index (χ0) is 20.4. The molecule has 1 heterocycles. The number of rotatable bonds is 5. The molecule has 0 spiro atoms. The number of amides is 1. The number of carboxylic acids is 1. The van der Waals surface area contributed by atoms with Gasteiger partial charge in [-0.05, 0) is 53.6 Å². The third-order valence-corrected chi connectivity index (χ3v) is 5.70. The molecule has 0 bridgehead atoms. The number of likely N-dealkylation sites (tertiary alicyclic amines) is 1. The lowest BCUT2D eigenvalue weighted by atomic mass is 9.92. The quantitative estimate of drug-likeness (QED) is 0.825. The maximum absolute atomic E-state index is 12.7. The zero-order valence-corrected chi connectivity index (χ0v) is 16.6. The maximum Gasteiger partial charge on any atom is 0.326 e. The SMILES string of the molecule is CCC(C)c1ccc(-c2ccc(C(=O)N3C[C@H](O)C[C@H]3C(=O)O)cc2)c(C)c1. The Morgan fingerprint density at radius 2 is 1.86 bits per heavy atom. The van der Waals surface area contributed by atoms with Gasteiger partial charge in [-0.3, -0.25) is 4.79 Å². The van der Waals surface area contributed by atoms with E-state index in [0.717, 1.165) is 17.5 Å². The third-order valence-electron chi connectivity index (χ3n) is 5.70. The number of hydrogen-bond donors (Lipinski definition) is 2. The number of nitrogens with zero attached hydrogens (tertiary/aromatic N) is 1. The smallest absolute Gasteiger partial charge is 0.326 e. The summed E-state index contributed by atoms with van der Waals surface area (Å²) in [6, 6.07) is 12.7. The lowest BCUT2D eigenvalue weighted by Gasteiger charge is -2.21. The van der Waals surface area contributed by atoms with Crippen molar-refractivity contribution in [3.63, 3.8) is 0 Å². The predicted molar refractivity (Wildman–Crippen MR) is 108 cm³/mol. The molecule has 3 rings (SSSR count). The molecule has 1 aliphatic heterocycles. The third kappa shape index (κ3) is 3.94. The van der Waals surface area contributed by atoms with E-state index in [-0.39, 0.29) is 18.9 Å². The van der Waals surface area contributed by atoms with E-state index in [1.165, 1.54) is 16.0 Å². The summed E-state index contributed by atoms with van der Waals surface area (Å²) in [4.78, 5) is 25.3. The zero-order valence-electron chi connectivity index (χ0n) is 16.6. The molecular weight excluding hydrogens is 354 g/mol. The van der Waals surface area contributed by atoms with Gasteiger partial charge in [-0.25, -0.2) is 4.79 Å². The average molecular weight is 381 g/mol. The van der Waals surface area contributed by atoms with Crippen molar-refractivity contribution in [3.05, 3.63) is 59.2 Å². The molecule has 0 aliphatic carbocycles. The molecule has 5 nitrogen and oxygen atoms in total. The lowest BCUT2D eigenvalue weighted by molar-refractivity contribution is -0.141. The van der Waals surface area contributed by atoms with Crippen LogP contribution in [0.5, 0.6) is 0 Å². The Morgan fingerprint density at radius 1 is 1.18 bits per heavy atom. The van der Waals surface area contributed by atoms with Crippen LogP contribution in [-0.2, 0) is 4.79 Å². The minimum Gasteiger partial charge on any atom is -0.480 e. The van der Waals surface area contributed by atoms with E-state index in [2.05, 4.69) is 39.0 Å². The second-order valence-corrected chi connectivity index (χ2v) is 7.66. The van der Waals surface area contributed by atoms with Crippen molar-refractivity contribution in [1.29, 1.82) is 0 Å². The maximum atomic E-state index is 12.7. The summed E-state index contributed by atoms with van der Waals surface area (Å²) in [5.41, 5.74) is 5.07. The van der Waals surface area contributed by atoms with Crippen LogP contribution >= 0.6 is 0 Å². The van der Waals surface area contributed by atoms with Gasteiger partial charge in [0.2, 0.25) is 0 Å². The number of carbonyl (C=O) groups is 2. The largest absolute Gasteiger partial charge is 0.480 e. The first-order valence-electron chi connectivity index (χ1n) is 9.74. The summed E-state index contributed by atoms with van der Waals surface area (Å²) in [5, 5.41) is 19.1. The van der Waals surface area contributed by atoms with Crippen molar-refractivity contribution in [3.8, 4) is 11.1 Å². The highest BCUT2D eigenvalue weighted by Gasteiger charge is 2.39. The standard InChI is InChI=1S/C23H27NO4/c1-4-14(2)18-9-10-20(15(3)11-18)16-5-7-17(8-6-16)22(26)24-13-19(25)12-21(24)23(27)28/h5-11,14,19,21,25H,4,12-13H2,1-3H3,(H,27,28)/t14?,19-,21+/m1/s1. The summed E-state index contributed by atoms with van der Waals surface area (Å²) in [5.74, 6) is -0.927. The summed E-state index contributed by atoms with van der Waals surface area (Å²) < 4.78 is 0. The fourth-order valence-electron chi connectivity index (χ4n) is 3.78.